The zero-order valence-corrected chi connectivity index (χ0v) is 21.4. The SMILES string of the molecule is NNc1nc2ccc(Br)cc2c(-c2ccccc2)c1-c1cc(-c2ccccc2)c2cc(Cl)ccc2n1. The molecule has 0 aliphatic carbocycles. The summed E-state index contributed by atoms with van der Waals surface area (Å²) in [6, 6.07) is 34.5. The number of fused-ring (bicyclic) bond motifs is 2. The molecule has 3 N–H and O–H groups in total. The van der Waals surface area contributed by atoms with Crippen LogP contribution in [0.3, 0.4) is 0 Å². The van der Waals surface area contributed by atoms with Crippen LogP contribution in [0.5, 0.6) is 0 Å². The van der Waals surface area contributed by atoms with Crippen LogP contribution in [0.15, 0.2) is 108 Å². The maximum absolute atomic E-state index is 6.40. The number of hydrazine groups is 1. The molecule has 0 atom stereocenters. The van der Waals surface area contributed by atoms with Crippen LogP contribution >= 0.6 is 27.5 Å². The van der Waals surface area contributed by atoms with Crippen LogP contribution in [0, 0.1) is 0 Å². The van der Waals surface area contributed by atoms with Crippen molar-refractivity contribution in [2.75, 3.05) is 5.43 Å². The Bertz CT molecular complexity index is 1740. The van der Waals surface area contributed by atoms with E-state index in [2.05, 4.69) is 57.8 Å². The van der Waals surface area contributed by atoms with Crippen LogP contribution in [0.2, 0.25) is 5.02 Å². The molecule has 0 unspecified atom stereocenters. The van der Waals surface area contributed by atoms with Gasteiger partial charge in [0.1, 0.15) is 0 Å². The van der Waals surface area contributed by atoms with Crippen molar-refractivity contribution < 1.29 is 0 Å². The number of nitrogens with zero attached hydrogens (tertiary/aromatic N) is 2. The number of hydrogen-bond acceptors (Lipinski definition) is 4. The first-order valence-electron chi connectivity index (χ1n) is 11.4. The summed E-state index contributed by atoms with van der Waals surface area (Å²) in [6.45, 7) is 0. The van der Waals surface area contributed by atoms with Gasteiger partial charge in [0.15, 0.2) is 5.82 Å². The van der Waals surface area contributed by atoms with E-state index in [9.17, 15) is 0 Å². The van der Waals surface area contributed by atoms with Crippen LogP contribution < -0.4 is 11.3 Å². The summed E-state index contributed by atoms with van der Waals surface area (Å²) >= 11 is 10.0. The van der Waals surface area contributed by atoms with Crippen molar-refractivity contribution in [1.29, 1.82) is 0 Å². The van der Waals surface area contributed by atoms with Crippen molar-refractivity contribution in [3.05, 3.63) is 113 Å². The van der Waals surface area contributed by atoms with Gasteiger partial charge in [0.05, 0.1) is 22.3 Å². The second-order valence-corrected chi connectivity index (χ2v) is 9.82. The van der Waals surface area contributed by atoms with E-state index in [0.29, 0.717) is 10.8 Å². The van der Waals surface area contributed by atoms with E-state index in [1.165, 1.54) is 0 Å². The fourth-order valence-electron chi connectivity index (χ4n) is 4.68. The summed E-state index contributed by atoms with van der Waals surface area (Å²) in [5, 5.41) is 2.65. The van der Waals surface area contributed by atoms with Crippen molar-refractivity contribution in [3.63, 3.8) is 0 Å². The highest BCUT2D eigenvalue weighted by atomic mass is 79.9. The minimum Gasteiger partial charge on any atom is -0.308 e. The van der Waals surface area contributed by atoms with Crippen molar-refractivity contribution in [2.24, 2.45) is 5.84 Å². The largest absolute Gasteiger partial charge is 0.308 e. The number of anilines is 1. The molecule has 6 heteroatoms. The Morgan fingerprint density at radius 3 is 2.06 bits per heavy atom. The lowest BCUT2D eigenvalue weighted by molar-refractivity contribution is 1.25. The predicted octanol–water partition coefficient (Wildman–Crippen LogP) is 8.49. The Hall–Kier alpha value is -3.77. The van der Waals surface area contributed by atoms with E-state index in [0.717, 1.165) is 59.8 Å². The first-order valence-corrected chi connectivity index (χ1v) is 12.6. The standard InChI is InChI=1S/C30H20BrClN4/c31-20-11-13-26-24(15-20)28(19-9-5-2-6-10-19)29(30(35-26)36-33)27-17-22(18-7-3-1-4-8-18)23-16-21(32)12-14-25(23)34-27/h1-17H,33H2,(H,35,36). The van der Waals surface area contributed by atoms with E-state index in [1.54, 1.807) is 0 Å². The molecule has 2 heterocycles. The highest BCUT2D eigenvalue weighted by molar-refractivity contribution is 9.10. The van der Waals surface area contributed by atoms with Crippen LogP contribution in [0.4, 0.5) is 5.82 Å². The lowest BCUT2D eigenvalue weighted by atomic mass is 9.91. The molecule has 36 heavy (non-hydrogen) atoms. The molecule has 6 aromatic rings. The zero-order chi connectivity index (χ0) is 24.6. The van der Waals surface area contributed by atoms with Gasteiger partial charge in [-0.3, -0.25) is 0 Å². The van der Waals surface area contributed by atoms with Crippen LogP contribution in [-0.4, -0.2) is 9.97 Å². The third kappa shape index (κ3) is 4.01. The molecule has 0 spiro atoms. The smallest absolute Gasteiger partial charge is 0.150 e. The highest BCUT2D eigenvalue weighted by Gasteiger charge is 2.21. The molecule has 6 rings (SSSR count). The molecule has 0 aliphatic heterocycles. The highest BCUT2D eigenvalue weighted by Crippen LogP contribution is 2.43. The Balaban J connectivity index is 1.76. The van der Waals surface area contributed by atoms with Gasteiger partial charge in [-0.15, -0.1) is 0 Å². The number of nitrogens with two attached hydrogens (primary N) is 1. The molecule has 0 amide bonds. The lowest BCUT2D eigenvalue weighted by Gasteiger charge is -2.19. The predicted molar refractivity (Wildman–Crippen MR) is 154 cm³/mol. The van der Waals surface area contributed by atoms with Crippen molar-refractivity contribution in [3.8, 4) is 33.5 Å². The summed E-state index contributed by atoms with van der Waals surface area (Å²) in [7, 11) is 0. The Kier molecular flexibility index (Phi) is 5.89. The Morgan fingerprint density at radius 1 is 0.667 bits per heavy atom. The fourth-order valence-corrected chi connectivity index (χ4v) is 5.21. The average molecular weight is 552 g/mol. The molecule has 4 aromatic carbocycles. The lowest BCUT2D eigenvalue weighted by Crippen LogP contribution is -2.11. The number of nitrogens with one attached hydrogen (secondary N) is 1. The number of rotatable bonds is 4. The molecule has 174 valence electrons. The van der Waals surface area contributed by atoms with E-state index >= 15 is 0 Å². The zero-order valence-electron chi connectivity index (χ0n) is 19.0. The van der Waals surface area contributed by atoms with Gasteiger partial charge < -0.3 is 5.43 Å². The number of benzene rings is 4. The van der Waals surface area contributed by atoms with Gasteiger partial charge in [0, 0.05) is 25.8 Å². The first kappa shape index (κ1) is 22.7. The number of halogens is 2. The Morgan fingerprint density at radius 2 is 1.33 bits per heavy atom. The maximum Gasteiger partial charge on any atom is 0.150 e. The first-order chi connectivity index (χ1) is 17.6. The summed E-state index contributed by atoms with van der Waals surface area (Å²) in [6.07, 6.45) is 0. The van der Waals surface area contributed by atoms with Gasteiger partial charge >= 0.3 is 0 Å². The van der Waals surface area contributed by atoms with E-state index in [1.807, 2.05) is 66.7 Å². The number of aromatic nitrogens is 2. The molecule has 0 aliphatic rings. The third-order valence-electron chi connectivity index (χ3n) is 6.26. The monoisotopic (exact) mass is 550 g/mol. The fraction of sp³-hybridized carbons (Fsp3) is 0. The van der Waals surface area contributed by atoms with Gasteiger partial charge in [-0.1, -0.05) is 88.2 Å². The van der Waals surface area contributed by atoms with Crippen molar-refractivity contribution in [2.45, 2.75) is 0 Å². The molecule has 0 saturated heterocycles. The Labute approximate surface area is 221 Å². The van der Waals surface area contributed by atoms with Gasteiger partial charge in [-0.05, 0) is 59.2 Å². The summed E-state index contributed by atoms with van der Waals surface area (Å²) in [5.41, 5.74) is 10.3. The number of hydrogen-bond donors (Lipinski definition) is 2. The van der Waals surface area contributed by atoms with E-state index in [4.69, 9.17) is 27.4 Å². The van der Waals surface area contributed by atoms with Gasteiger partial charge in [0.25, 0.3) is 0 Å². The van der Waals surface area contributed by atoms with Crippen LogP contribution in [0.25, 0.3) is 55.3 Å². The van der Waals surface area contributed by atoms with Gasteiger partial charge in [0.2, 0.25) is 0 Å². The second-order valence-electron chi connectivity index (χ2n) is 8.46. The average Bonchev–Trinajstić information content (AvgIpc) is 2.92. The second kappa shape index (κ2) is 9.36. The van der Waals surface area contributed by atoms with Crippen LogP contribution in [0.1, 0.15) is 0 Å². The van der Waals surface area contributed by atoms with Gasteiger partial charge in [-0.2, -0.15) is 0 Å². The topological polar surface area (TPSA) is 63.8 Å². The van der Waals surface area contributed by atoms with Gasteiger partial charge in [-0.25, -0.2) is 15.8 Å². The molecular weight excluding hydrogens is 532 g/mol. The van der Waals surface area contributed by atoms with Crippen molar-refractivity contribution >= 4 is 55.2 Å². The summed E-state index contributed by atoms with van der Waals surface area (Å²) in [4.78, 5) is 9.97. The molecular formula is C30H20BrClN4. The third-order valence-corrected chi connectivity index (χ3v) is 6.99. The summed E-state index contributed by atoms with van der Waals surface area (Å²) < 4.78 is 0.972. The quantitative estimate of drug-likeness (QED) is 0.170. The van der Waals surface area contributed by atoms with Crippen LogP contribution in [-0.2, 0) is 0 Å². The van der Waals surface area contributed by atoms with Crippen molar-refractivity contribution in [1.82, 2.24) is 9.97 Å². The molecule has 4 nitrogen and oxygen atoms in total. The number of nitrogen functional groups attached to an aromatic ring is 1. The summed E-state index contributed by atoms with van der Waals surface area (Å²) in [5.74, 6) is 6.63. The molecule has 0 bridgehead atoms. The van der Waals surface area contributed by atoms with E-state index in [-0.39, 0.29) is 0 Å². The number of pyridine rings is 2. The molecule has 0 radical (unpaired) electrons. The normalized spacial score (nSPS) is 11.2. The molecule has 0 fully saturated rings. The van der Waals surface area contributed by atoms with E-state index < -0.39 is 0 Å². The maximum atomic E-state index is 6.40. The minimum atomic E-state index is 0.559. The minimum absolute atomic E-state index is 0.559. The molecule has 0 saturated carbocycles. The molecule has 2 aromatic heterocycles.